The maximum atomic E-state index is 11.5. The van der Waals surface area contributed by atoms with Crippen LogP contribution in [0.2, 0.25) is 0 Å². The van der Waals surface area contributed by atoms with Crippen LogP contribution in [0, 0.1) is 0 Å². The maximum absolute atomic E-state index is 11.5. The van der Waals surface area contributed by atoms with Crippen molar-refractivity contribution < 1.29 is 9.53 Å². The summed E-state index contributed by atoms with van der Waals surface area (Å²) >= 11 is 0. The van der Waals surface area contributed by atoms with Crippen molar-refractivity contribution in [2.45, 2.75) is 32.9 Å². The SMILES string of the molecule is CC(C)(C)OC(=O)NNc1ccc(Cn2cncn2)cc1. The van der Waals surface area contributed by atoms with Crippen molar-refractivity contribution in [3.63, 3.8) is 0 Å². The molecule has 0 spiro atoms. The third-order valence-corrected chi connectivity index (χ3v) is 2.47. The number of hydrogen-bond acceptors (Lipinski definition) is 5. The Morgan fingerprint density at radius 3 is 2.57 bits per heavy atom. The van der Waals surface area contributed by atoms with Crippen LogP contribution in [0.1, 0.15) is 26.3 Å². The molecule has 21 heavy (non-hydrogen) atoms. The lowest BCUT2D eigenvalue weighted by Gasteiger charge is -2.20. The van der Waals surface area contributed by atoms with Crippen LogP contribution in [0.4, 0.5) is 10.5 Å². The van der Waals surface area contributed by atoms with Gasteiger partial charge in [-0.25, -0.2) is 19.9 Å². The highest BCUT2D eigenvalue weighted by molar-refractivity contribution is 5.69. The summed E-state index contributed by atoms with van der Waals surface area (Å²) in [5.41, 5.74) is 6.61. The number of rotatable bonds is 4. The Morgan fingerprint density at radius 2 is 2.00 bits per heavy atom. The van der Waals surface area contributed by atoms with Gasteiger partial charge in [-0.3, -0.25) is 5.43 Å². The van der Waals surface area contributed by atoms with Crippen molar-refractivity contribution in [2.24, 2.45) is 0 Å². The summed E-state index contributed by atoms with van der Waals surface area (Å²) in [6.07, 6.45) is 2.64. The molecule has 0 bridgehead atoms. The Balaban J connectivity index is 1.84. The molecule has 0 aliphatic rings. The fourth-order valence-electron chi connectivity index (χ4n) is 1.62. The molecule has 0 aliphatic heterocycles. The normalized spacial score (nSPS) is 11.0. The van der Waals surface area contributed by atoms with E-state index in [2.05, 4.69) is 20.9 Å². The number of aromatic nitrogens is 3. The number of nitrogens with zero attached hydrogens (tertiary/aromatic N) is 3. The first-order valence-electron chi connectivity index (χ1n) is 6.59. The number of carbonyl (C=O) groups is 1. The van der Waals surface area contributed by atoms with Gasteiger partial charge in [0.25, 0.3) is 0 Å². The first-order valence-corrected chi connectivity index (χ1v) is 6.59. The molecule has 1 heterocycles. The minimum Gasteiger partial charge on any atom is -0.443 e. The number of ether oxygens (including phenoxy) is 1. The van der Waals surface area contributed by atoms with Crippen LogP contribution < -0.4 is 10.9 Å². The molecule has 2 rings (SSSR count). The van der Waals surface area contributed by atoms with E-state index in [9.17, 15) is 4.79 Å². The van der Waals surface area contributed by atoms with Gasteiger partial charge in [0.1, 0.15) is 18.3 Å². The van der Waals surface area contributed by atoms with E-state index in [0.717, 1.165) is 11.3 Å². The Hall–Kier alpha value is -2.57. The third kappa shape index (κ3) is 5.13. The van der Waals surface area contributed by atoms with Gasteiger partial charge in [-0.1, -0.05) is 12.1 Å². The Kier molecular flexibility index (Phi) is 4.42. The first-order chi connectivity index (χ1) is 9.92. The summed E-state index contributed by atoms with van der Waals surface area (Å²) in [5.74, 6) is 0. The second-order valence-corrected chi connectivity index (χ2v) is 5.54. The van der Waals surface area contributed by atoms with E-state index in [4.69, 9.17) is 4.74 Å². The van der Waals surface area contributed by atoms with Crippen molar-refractivity contribution in [3.8, 4) is 0 Å². The summed E-state index contributed by atoms with van der Waals surface area (Å²) < 4.78 is 6.86. The van der Waals surface area contributed by atoms with E-state index in [-0.39, 0.29) is 0 Å². The van der Waals surface area contributed by atoms with Gasteiger partial charge >= 0.3 is 6.09 Å². The number of benzene rings is 1. The average Bonchev–Trinajstić information content (AvgIpc) is 2.89. The average molecular weight is 289 g/mol. The molecular weight excluding hydrogens is 270 g/mol. The molecule has 0 fully saturated rings. The Morgan fingerprint density at radius 1 is 1.29 bits per heavy atom. The van der Waals surface area contributed by atoms with Crippen LogP contribution in [0.5, 0.6) is 0 Å². The molecule has 1 aromatic heterocycles. The standard InChI is InChI=1S/C14H19N5O2/c1-14(2,3)21-13(20)18-17-12-6-4-11(5-7-12)8-19-10-15-9-16-19/h4-7,9-10,17H,8H2,1-3H3,(H,18,20). The van der Waals surface area contributed by atoms with Crippen molar-refractivity contribution in [3.05, 3.63) is 42.5 Å². The summed E-state index contributed by atoms with van der Waals surface area (Å²) in [6, 6.07) is 7.62. The second-order valence-electron chi connectivity index (χ2n) is 5.54. The molecule has 0 saturated heterocycles. The second kappa shape index (κ2) is 6.25. The molecular formula is C14H19N5O2. The van der Waals surface area contributed by atoms with Gasteiger partial charge in [0.2, 0.25) is 0 Å². The van der Waals surface area contributed by atoms with Crippen LogP contribution in [-0.2, 0) is 11.3 Å². The van der Waals surface area contributed by atoms with E-state index in [1.807, 2.05) is 45.0 Å². The predicted molar refractivity (Wildman–Crippen MR) is 78.6 cm³/mol. The van der Waals surface area contributed by atoms with E-state index in [1.165, 1.54) is 6.33 Å². The summed E-state index contributed by atoms with van der Waals surface area (Å²) in [6.45, 7) is 6.09. The molecule has 1 aromatic carbocycles. The van der Waals surface area contributed by atoms with E-state index in [1.54, 1.807) is 11.0 Å². The minimum absolute atomic E-state index is 0.519. The lowest BCUT2D eigenvalue weighted by atomic mass is 10.2. The largest absolute Gasteiger partial charge is 0.443 e. The molecule has 1 amide bonds. The maximum Gasteiger partial charge on any atom is 0.426 e. The number of hydrogen-bond donors (Lipinski definition) is 2. The molecule has 7 nitrogen and oxygen atoms in total. The Bertz CT molecular complexity index is 572. The fourth-order valence-corrected chi connectivity index (χ4v) is 1.62. The van der Waals surface area contributed by atoms with Crippen molar-refractivity contribution >= 4 is 11.8 Å². The van der Waals surface area contributed by atoms with Crippen molar-refractivity contribution in [2.75, 3.05) is 5.43 Å². The topological polar surface area (TPSA) is 81.1 Å². The number of carbonyl (C=O) groups excluding carboxylic acids is 1. The van der Waals surface area contributed by atoms with E-state index < -0.39 is 11.7 Å². The highest BCUT2D eigenvalue weighted by Crippen LogP contribution is 2.10. The molecule has 0 saturated carbocycles. The van der Waals surface area contributed by atoms with E-state index in [0.29, 0.717) is 6.54 Å². The summed E-state index contributed by atoms with van der Waals surface area (Å²) in [5, 5.41) is 4.04. The zero-order valence-corrected chi connectivity index (χ0v) is 12.3. The molecule has 2 aromatic rings. The smallest absolute Gasteiger partial charge is 0.426 e. The van der Waals surface area contributed by atoms with Crippen LogP contribution in [0.25, 0.3) is 0 Å². The summed E-state index contributed by atoms with van der Waals surface area (Å²) in [4.78, 5) is 15.4. The first kappa shape index (κ1) is 14.8. The van der Waals surface area contributed by atoms with E-state index >= 15 is 0 Å². The highest BCUT2D eigenvalue weighted by Gasteiger charge is 2.15. The fraction of sp³-hybridized carbons (Fsp3) is 0.357. The zero-order chi connectivity index (χ0) is 15.3. The van der Waals surface area contributed by atoms with Gasteiger partial charge in [-0.05, 0) is 38.5 Å². The van der Waals surface area contributed by atoms with Crippen LogP contribution in [0.3, 0.4) is 0 Å². The van der Waals surface area contributed by atoms with Crippen LogP contribution in [0.15, 0.2) is 36.9 Å². The van der Waals surface area contributed by atoms with Gasteiger partial charge in [0.05, 0.1) is 12.2 Å². The quantitative estimate of drug-likeness (QED) is 0.843. The van der Waals surface area contributed by atoms with Crippen LogP contribution in [-0.4, -0.2) is 26.5 Å². The lowest BCUT2D eigenvalue weighted by molar-refractivity contribution is 0.0541. The molecule has 2 N–H and O–H groups in total. The monoisotopic (exact) mass is 289 g/mol. The zero-order valence-electron chi connectivity index (χ0n) is 12.3. The molecule has 0 aliphatic carbocycles. The van der Waals surface area contributed by atoms with Gasteiger partial charge in [0.15, 0.2) is 0 Å². The van der Waals surface area contributed by atoms with Gasteiger partial charge in [-0.2, -0.15) is 5.10 Å². The van der Waals surface area contributed by atoms with Gasteiger partial charge in [0, 0.05) is 0 Å². The summed E-state index contributed by atoms with van der Waals surface area (Å²) in [7, 11) is 0. The minimum atomic E-state index is -0.520. The molecule has 0 unspecified atom stereocenters. The Labute approximate surface area is 123 Å². The van der Waals surface area contributed by atoms with Gasteiger partial charge < -0.3 is 4.74 Å². The van der Waals surface area contributed by atoms with Crippen molar-refractivity contribution in [1.29, 1.82) is 0 Å². The lowest BCUT2D eigenvalue weighted by Crippen LogP contribution is -2.35. The number of nitrogens with one attached hydrogen (secondary N) is 2. The molecule has 0 radical (unpaired) electrons. The third-order valence-electron chi connectivity index (χ3n) is 2.47. The number of amides is 1. The molecule has 0 atom stereocenters. The highest BCUT2D eigenvalue weighted by atomic mass is 16.6. The number of hydrazine groups is 1. The van der Waals surface area contributed by atoms with Gasteiger partial charge in [-0.15, -0.1) is 0 Å². The predicted octanol–water partition coefficient (Wildman–Crippen LogP) is 2.18. The molecule has 7 heteroatoms. The van der Waals surface area contributed by atoms with Crippen molar-refractivity contribution in [1.82, 2.24) is 20.2 Å². The number of anilines is 1. The van der Waals surface area contributed by atoms with Crippen LogP contribution >= 0.6 is 0 Å². The molecule has 112 valence electrons.